The molecule has 1 aromatic carbocycles. The average Bonchev–Trinajstić information content (AvgIpc) is 2.03. The number of hydrogen-bond acceptors (Lipinski definition) is 2. The lowest BCUT2D eigenvalue weighted by atomic mass is 10.1. The summed E-state index contributed by atoms with van der Waals surface area (Å²) in [4.78, 5) is 0. The fourth-order valence-corrected chi connectivity index (χ4v) is 0.631. The SMILES string of the molecule is OBCOc1cc[c]cc1. The van der Waals surface area contributed by atoms with Crippen molar-refractivity contribution in [2.45, 2.75) is 0 Å². The van der Waals surface area contributed by atoms with Gasteiger partial charge in [0.15, 0.2) is 0 Å². The van der Waals surface area contributed by atoms with E-state index in [4.69, 9.17) is 9.76 Å². The van der Waals surface area contributed by atoms with E-state index in [0.29, 0.717) is 6.51 Å². The molecule has 2 nitrogen and oxygen atoms in total. The lowest BCUT2D eigenvalue weighted by Crippen LogP contribution is -2.04. The van der Waals surface area contributed by atoms with Gasteiger partial charge >= 0.3 is 7.48 Å². The molecule has 0 unspecified atom stereocenters. The van der Waals surface area contributed by atoms with Crippen LogP contribution in [0.4, 0.5) is 0 Å². The third-order valence-corrected chi connectivity index (χ3v) is 1.05. The standard InChI is InChI=1S/C7H8BO2/c9-8-6-10-7-4-2-1-3-5-7/h2-5,8-9H,6H2. The van der Waals surface area contributed by atoms with Crippen LogP contribution in [0, 0.1) is 6.07 Å². The van der Waals surface area contributed by atoms with Gasteiger partial charge in [0.2, 0.25) is 0 Å². The van der Waals surface area contributed by atoms with Crippen molar-refractivity contribution in [2.75, 3.05) is 6.51 Å². The van der Waals surface area contributed by atoms with Crippen LogP contribution in [-0.2, 0) is 0 Å². The molecule has 0 heterocycles. The minimum absolute atomic E-state index is 0.0542. The Hall–Kier alpha value is -0.955. The van der Waals surface area contributed by atoms with E-state index < -0.39 is 0 Å². The average molecular weight is 135 g/mol. The monoisotopic (exact) mass is 135 g/mol. The molecular weight excluding hydrogens is 127 g/mol. The van der Waals surface area contributed by atoms with Gasteiger partial charge < -0.3 is 9.76 Å². The van der Waals surface area contributed by atoms with Crippen molar-refractivity contribution in [1.29, 1.82) is 0 Å². The molecule has 0 fully saturated rings. The summed E-state index contributed by atoms with van der Waals surface area (Å²) < 4.78 is 5.09. The zero-order valence-corrected chi connectivity index (χ0v) is 5.58. The first-order valence-corrected chi connectivity index (χ1v) is 3.13. The maximum atomic E-state index is 8.39. The normalized spacial score (nSPS) is 8.90. The summed E-state index contributed by atoms with van der Waals surface area (Å²) in [6, 6.07) is 10.0. The summed E-state index contributed by atoms with van der Waals surface area (Å²) in [5, 5.41) is 8.39. The second-order valence-electron chi connectivity index (χ2n) is 1.81. The third kappa shape index (κ3) is 2.11. The van der Waals surface area contributed by atoms with Crippen molar-refractivity contribution >= 4 is 7.48 Å². The number of benzene rings is 1. The predicted octanol–water partition coefficient (Wildman–Crippen LogP) is 0.167. The second-order valence-corrected chi connectivity index (χ2v) is 1.81. The molecule has 0 aliphatic rings. The van der Waals surface area contributed by atoms with Crippen LogP contribution in [0.5, 0.6) is 5.75 Å². The Labute approximate surface area is 60.7 Å². The Morgan fingerprint density at radius 2 is 2.20 bits per heavy atom. The van der Waals surface area contributed by atoms with Gasteiger partial charge in [0.1, 0.15) is 5.75 Å². The molecule has 0 atom stereocenters. The van der Waals surface area contributed by atoms with Crippen LogP contribution in [0.3, 0.4) is 0 Å². The predicted molar refractivity (Wildman–Crippen MR) is 40.1 cm³/mol. The molecule has 0 bridgehead atoms. The molecular formula is C7H8BO2. The van der Waals surface area contributed by atoms with Gasteiger partial charge in [-0.25, -0.2) is 0 Å². The first kappa shape index (κ1) is 7.16. The Bertz CT molecular complexity index is 176. The molecule has 0 saturated carbocycles. The molecule has 0 aliphatic carbocycles. The third-order valence-electron chi connectivity index (χ3n) is 1.05. The van der Waals surface area contributed by atoms with Gasteiger partial charge in [0.25, 0.3) is 0 Å². The Morgan fingerprint density at radius 1 is 1.50 bits per heavy atom. The zero-order valence-electron chi connectivity index (χ0n) is 5.58. The van der Waals surface area contributed by atoms with E-state index in [0.717, 1.165) is 5.75 Å². The van der Waals surface area contributed by atoms with E-state index in [1.165, 1.54) is 0 Å². The van der Waals surface area contributed by atoms with E-state index in [1.54, 1.807) is 24.3 Å². The minimum Gasteiger partial charge on any atom is -0.499 e. The fraction of sp³-hybridized carbons (Fsp3) is 0.143. The maximum Gasteiger partial charge on any atom is 0.311 e. The van der Waals surface area contributed by atoms with E-state index >= 15 is 0 Å². The van der Waals surface area contributed by atoms with E-state index in [-0.39, 0.29) is 7.48 Å². The van der Waals surface area contributed by atoms with Gasteiger partial charge in [0.05, 0.1) is 6.51 Å². The van der Waals surface area contributed by atoms with Gasteiger partial charge in [-0.3, -0.25) is 0 Å². The Morgan fingerprint density at radius 3 is 2.80 bits per heavy atom. The number of hydrogen-bond donors (Lipinski definition) is 1. The molecule has 10 heavy (non-hydrogen) atoms. The molecule has 0 amide bonds. The highest BCUT2D eigenvalue weighted by Crippen LogP contribution is 2.06. The van der Waals surface area contributed by atoms with Crippen LogP contribution in [0.15, 0.2) is 24.3 Å². The molecule has 3 heteroatoms. The van der Waals surface area contributed by atoms with Crippen LogP contribution in [0.25, 0.3) is 0 Å². The van der Waals surface area contributed by atoms with Gasteiger partial charge in [-0.15, -0.1) is 0 Å². The van der Waals surface area contributed by atoms with E-state index in [1.807, 2.05) is 0 Å². The summed E-state index contributed by atoms with van der Waals surface area (Å²) in [6.45, 7) is 0.351. The van der Waals surface area contributed by atoms with Crippen molar-refractivity contribution in [1.82, 2.24) is 0 Å². The van der Waals surface area contributed by atoms with Gasteiger partial charge in [0, 0.05) is 0 Å². The van der Waals surface area contributed by atoms with Gasteiger partial charge in [-0.2, -0.15) is 0 Å². The molecule has 1 N–H and O–H groups in total. The summed E-state index contributed by atoms with van der Waals surface area (Å²) >= 11 is 0. The topological polar surface area (TPSA) is 29.5 Å². The van der Waals surface area contributed by atoms with Crippen molar-refractivity contribution in [3.63, 3.8) is 0 Å². The number of rotatable bonds is 3. The Balaban J connectivity index is 2.43. The molecule has 51 valence electrons. The first-order valence-electron chi connectivity index (χ1n) is 3.13. The Kier molecular flexibility index (Phi) is 2.83. The second kappa shape index (κ2) is 3.96. The first-order chi connectivity index (χ1) is 4.93. The summed E-state index contributed by atoms with van der Waals surface area (Å²) in [7, 11) is 0.0542. The minimum atomic E-state index is 0.0542. The molecule has 0 aliphatic heterocycles. The van der Waals surface area contributed by atoms with Crippen molar-refractivity contribution < 1.29 is 9.76 Å². The van der Waals surface area contributed by atoms with E-state index in [2.05, 4.69) is 6.07 Å². The van der Waals surface area contributed by atoms with Crippen molar-refractivity contribution in [3.05, 3.63) is 30.3 Å². The van der Waals surface area contributed by atoms with Crippen LogP contribution in [0.2, 0.25) is 0 Å². The lowest BCUT2D eigenvalue weighted by molar-refractivity contribution is 0.367. The molecule has 1 rings (SSSR count). The maximum absolute atomic E-state index is 8.39. The highest BCUT2D eigenvalue weighted by atomic mass is 16.5. The van der Waals surface area contributed by atoms with Crippen LogP contribution in [0.1, 0.15) is 0 Å². The molecule has 0 spiro atoms. The largest absolute Gasteiger partial charge is 0.499 e. The number of ether oxygens (including phenoxy) is 1. The van der Waals surface area contributed by atoms with Crippen LogP contribution < -0.4 is 4.74 Å². The van der Waals surface area contributed by atoms with E-state index in [9.17, 15) is 0 Å². The van der Waals surface area contributed by atoms with Crippen LogP contribution in [-0.4, -0.2) is 19.0 Å². The van der Waals surface area contributed by atoms with Gasteiger partial charge in [-0.1, -0.05) is 12.1 Å². The molecule has 0 saturated heterocycles. The zero-order chi connectivity index (χ0) is 7.23. The lowest BCUT2D eigenvalue weighted by Gasteiger charge is -2.00. The molecule has 1 radical (unpaired) electrons. The quantitative estimate of drug-likeness (QED) is 0.598. The highest BCUT2D eigenvalue weighted by Gasteiger charge is 1.89. The van der Waals surface area contributed by atoms with Gasteiger partial charge in [-0.05, 0) is 18.2 Å². The smallest absolute Gasteiger partial charge is 0.311 e. The molecule has 0 aromatic heterocycles. The summed E-state index contributed by atoms with van der Waals surface area (Å²) in [5.41, 5.74) is 0. The van der Waals surface area contributed by atoms with Crippen molar-refractivity contribution in [3.8, 4) is 5.75 Å². The fourth-order valence-electron chi connectivity index (χ4n) is 0.631. The summed E-state index contributed by atoms with van der Waals surface area (Å²) in [5.74, 6) is 0.771. The summed E-state index contributed by atoms with van der Waals surface area (Å²) in [6.07, 6.45) is 0. The van der Waals surface area contributed by atoms with Crippen LogP contribution >= 0.6 is 0 Å². The van der Waals surface area contributed by atoms with Crippen molar-refractivity contribution in [2.24, 2.45) is 0 Å². The molecule has 1 aromatic rings. The highest BCUT2D eigenvalue weighted by molar-refractivity contribution is 6.24.